The minimum atomic E-state index is -0.264. The molecule has 1 aromatic heterocycles. The number of nitrogens with one attached hydrogen (secondary N) is 1. The van der Waals surface area contributed by atoms with Crippen LogP contribution in [0.3, 0.4) is 0 Å². The highest BCUT2D eigenvalue weighted by atomic mass is 16.2. The number of hydrogen-bond donors (Lipinski definition) is 1. The van der Waals surface area contributed by atoms with Crippen LogP contribution in [0.25, 0.3) is 11.3 Å². The third-order valence-electron chi connectivity index (χ3n) is 4.05. The molecular weight excluding hydrogens is 314 g/mol. The number of amides is 1. The zero-order valence-electron chi connectivity index (χ0n) is 14.2. The van der Waals surface area contributed by atoms with Crippen LogP contribution in [0.1, 0.15) is 11.1 Å². The first-order valence-electron chi connectivity index (χ1n) is 8.02. The van der Waals surface area contributed by atoms with Gasteiger partial charge in [0.25, 0.3) is 5.56 Å². The van der Waals surface area contributed by atoms with Crippen LogP contribution in [-0.4, -0.2) is 15.5 Å². The van der Waals surface area contributed by atoms with Gasteiger partial charge in [-0.1, -0.05) is 36.4 Å². The van der Waals surface area contributed by atoms with Gasteiger partial charge in [-0.3, -0.25) is 14.2 Å². The van der Waals surface area contributed by atoms with Crippen LogP contribution in [-0.2, 0) is 11.3 Å². The topological polar surface area (TPSA) is 64.0 Å². The van der Waals surface area contributed by atoms with Crippen molar-refractivity contribution in [3.63, 3.8) is 0 Å². The number of benzene rings is 2. The van der Waals surface area contributed by atoms with E-state index in [0.717, 1.165) is 22.4 Å². The van der Waals surface area contributed by atoms with Gasteiger partial charge in [-0.15, -0.1) is 0 Å². The van der Waals surface area contributed by atoms with E-state index in [1.165, 1.54) is 17.0 Å². The van der Waals surface area contributed by atoms with Crippen LogP contribution < -0.4 is 10.9 Å². The van der Waals surface area contributed by atoms with Crippen LogP contribution in [0.4, 0.5) is 5.69 Å². The van der Waals surface area contributed by atoms with Crippen LogP contribution in [0.2, 0.25) is 0 Å². The quantitative estimate of drug-likeness (QED) is 0.797. The second-order valence-electron chi connectivity index (χ2n) is 5.95. The van der Waals surface area contributed by atoms with Crippen molar-refractivity contribution in [3.8, 4) is 11.3 Å². The van der Waals surface area contributed by atoms with Crippen LogP contribution in [0.15, 0.2) is 65.7 Å². The summed E-state index contributed by atoms with van der Waals surface area (Å²) in [5, 5.41) is 2.81. The monoisotopic (exact) mass is 333 g/mol. The Morgan fingerprint density at radius 2 is 1.80 bits per heavy atom. The number of hydrogen-bond acceptors (Lipinski definition) is 3. The number of aryl methyl sites for hydroxylation is 2. The van der Waals surface area contributed by atoms with E-state index in [0.29, 0.717) is 5.69 Å². The number of nitrogens with zero attached hydrogens (tertiary/aromatic N) is 2. The highest BCUT2D eigenvalue weighted by Crippen LogP contribution is 2.15. The summed E-state index contributed by atoms with van der Waals surface area (Å²) in [5.41, 5.74) is 4.18. The standard InChI is InChI=1S/C20H19N3O2/c1-14-8-9-17(10-15(14)2)22-19(24)12-23-13-21-18(11-20(23)25)16-6-4-3-5-7-16/h3-11,13H,12H2,1-2H3,(H,22,24). The SMILES string of the molecule is Cc1ccc(NC(=O)Cn2cnc(-c3ccccc3)cc2=O)cc1C. The van der Waals surface area contributed by atoms with Crippen molar-refractivity contribution in [2.24, 2.45) is 0 Å². The van der Waals surface area contributed by atoms with Crippen molar-refractivity contribution in [1.29, 1.82) is 0 Å². The molecule has 0 aliphatic rings. The van der Waals surface area contributed by atoms with E-state index in [1.807, 2.05) is 62.4 Å². The lowest BCUT2D eigenvalue weighted by Gasteiger charge is -2.09. The Labute approximate surface area is 146 Å². The van der Waals surface area contributed by atoms with Crippen molar-refractivity contribution in [2.45, 2.75) is 20.4 Å². The molecule has 1 heterocycles. The first kappa shape index (κ1) is 16.6. The molecule has 0 spiro atoms. The number of rotatable bonds is 4. The number of aromatic nitrogens is 2. The summed E-state index contributed by atoms with van der Waals surface area (Å²) in [7, 11) is 0. The Balaban J connectivity index is 1.73. The summed E-state index contributed by atoms with van der Waals surface area (Å²) >= 11 is 0. The maximum Gasteiger partial charge on any atom is 0.254 e. The third-order valence-corrected chi connectivity index (χ3v) is 4.05. The van der Waals surface area contributed by atoms with Gasteiger partial charge < -0.3 is 5.32 Å². The van der Waals surface area contributed by atoms with E-state index < -0.39 is 0 Å². The zero-order chi connectivity index (χ0) is 17.8. The Morgan fingerprint density at radius 3 is 2.48 bits per heavy atom. The normalized spacial score (nSPS) is 10.5. The largest absolute Gasteiger partial charge is 0.325 e. The van der Waals surface area contributed by atoms with E-state index >= 15 is 0 Å². The molecule has 3 rings (SSSR count). The molecule has 0 aliphatic heterocycles. The Hall–Kier alpha value is -3.21. The molecule has 3 aromatic rings. The molecule has 25 heavy (non-hydrogen) atoms. The Kier molecular flexibility index (Phi) is 4.75. The third kappa shape index (κ3) is 4.01. The van der Waals surface area contributed by atoms with Crippen molar-refractivity contribution in [2.75, 3.05) is 5.32 Å². The second-order valence-corrected chi connectivity index (χ2v) is 5.95. The van der Waals surface area contributed by atoms with E-state index in [-0.39, 0.29) is 18.0 Å². The predicted molar refractivity (Wildman–Crippen MR) is 98.5 cm³/mol. The molecule has 5 nitrogen and oxygen atoms in total. The van der Waals surface area contributed by atoms with Crippen LogP contribution in [0, 0.1) is 13.8 Å². The minimum absolute atomic E-state index is 0.0756. The molecule has 0 unspecified atom stereocenters. The smallest absolute Gasteiger partial charge is 0.254 e. The van der Waals surface area contributed by atoms with Gasteiger partial charge in [0.1, 0.15) is 6.54 Å². The van der Waals surface area contributed by atoms with Gasteiger partial charge in [-0.25, -0.2) is 4.98 Å². The van der Waals surface area contributed by atoms with Gasteiger partial charge >= 0.3 is 0 Å². The second kappa shape index (κ2) is 7.13. The summed E-state index contributed by atoms with van der Waals surface area (Å²) in [5.74, 6) is -0.264. The zero-order valence-corrected chi connectivity index (χ0v) is 14.2. The molecule has 1 amide bonds. The molecule has 0 saturated carbocycles. The first-order chi connectivity index (χ1) is 12.0. The maximum atomic E-state index is 12.2. The molecule has 0 atom stereocenters. The van der Waals surface area contributed by atoms with Gasteiger partial charge in [0, 0.05) is 17.3 Å². The summed E-state index contributed by atoms with van der Waals surface area (Å²) in [6, 6.07) is 16.6. The average Bonchev–Trinajstić information content (AvgIpc) is 2.61. The van der Waals surface area contributed by atoms with Crippen molar-refractivity contribution in [3.05, 3.63) is 82.4 Å². The van der Waals surface area contributed by atoms with Crippen molar-refractivity contribution >= 4 is 11.6 Å². The first-order valence-corrected chi connectivity index (χ1v) is 8.02. The summed E-state index contributed by atoms with van der Waals surface area (Å²) < 4.78 is 1.29. The van der Waals surface area contributed by atoms with E-state index in [9.17, 15) is 9.59 Å². The van der Waals surface area contributed by atoms with Gasteiger partial charge in [0.05, 0.1) is 12.0 Å². The molecule has 2 aromatic carbocycles. The fraction of sp³-hybridized carbons (Fsp3) is 0.150. The molecule has 126 valence electrons. The van der Waals surface area contributed by atoms with E-state index in [2.05, 4.69) is 10.3 Å². The molecule has 0 saturated heterocycles. The Bertz CT molecular complexity index is 962. The molecule has 5 heteroatoms. The maximum absolute atomic E-state index is 12.2. The lowest BCUT2D eigenvalue weighted by atomic mass is 10.1. The molecule has 0 radical (unpaired) electrons. The summed E-state index contributed by atoms with van der Waals surface area (Å²) in [4.78, 5) is 28.7. The molecule has 1 N–H and O–H groups in total. The average molecular weight is 333 g/mol. The van der Waals surface area contributed by atoms with Gasteiger partial charge in [0.15, 0.2) is 0 Å². The number of anilines is 1. The van der Waals surface area contributed by atoms with Crippen LogP contribution in [0.5, 0.6) is 0 Å². The highest BCUT2D eigenvalue weighted by molar-refractivity contribution is 5.90. The van der Waals surface area contributed by atoms with Gasteiger partial charge in [-0.05, 0) is 37.1 Å². The van der Waals surface area contributed by atoms with Crippen molar-refractivity contribution < 1.29 is 4.79 Å². The molecular formula is C20H19N3O2. The lowest BCUT2D eigenvalue weighted by Crippen LogP contribution is -2.27. The molecule has 0 fully saturated rings. The highest BCUT2D eigenvalue weighted by Gasteiger charge is 2.08. The van der Waals surface area contributed by atoms with Gasteiger partial charge in [0.2, 0.25) is 5.91 Å². The van der Waals surface area contributed by atoms with Crippen molar-refractivity contribution in [1.82, 2.24) is 9.55 Å². The fourth-order valence-corrected chi connectivity index (χ4v) is 2.49. The van der Waals surface area contributed by atoms with Crippen LogP contribution >= 0.6 is 0 Å². The van der Waals surface area contributed by atoms with Gasteiger partial charge in [-0.2, -0.15) is 0 Å². The summed E-state index contributed by atoms with van der Waals surface area (Å²) in [6.07, 6.45) is 1.41. The minimum Gasteiger partial charge on any atom is -0.325 e. The van der Waals surface area contributed by atoms with E-state index in [1.54, 1.807) is 0 Å². The summed E-state index contributed by atoms with van der Waals surface area (Å²) in [6.45, 7) is 3.93. The fourth-order valence-electron chi connectivity index (χ4n) is 2.49. The Morgan fingerprint density at radius 1 is 1.04 bits per heavy atom. The molecule has 0 aliphatic carbocycles. The molecule has 0 bridgehead atoms. The number of carbonyl (C=O) groups excluding carboxylic acids is 1. The lowest BCUT2D eigenvalue weighted by molar-refractivity contribution is -0.116. The van der Waals surface area contributed by atoms with E-state index in [4.69, 9.17) is 0 Å². The number of carbonyl (C=O) groups is 1. The predicted octanol–water partition coefficient (Wildman–Crippen LogP) is 3.17.